The number of aromatic nitrogens is 2. The molecule has 100 valence electrons. The summed E-state index contributed by atoms with van der Waals surface area (Å²) >= 11 is 6.02. The summed E-state index contributed by atoms with van der Waals surface area (Å²) in [5.41, 5.74) is 4.01. The topological polar surface area (TPSA) is 50.2 Å². The van der Waals surface area contributed by atoms with Crippen molar-refractivity contribution in [2.45, 2.75) is 27.2 Å². The summed E-state index contributed by atoms with van der Waals surface area (Å²) in [6.45, 7) is 6.32. The minimum Gasteiger partial charge on any atom is -0.259 e. The molecule has 0 unspecified atom stereocenters. The third kappa shape index (κ3) is 3.41. The number of benzene rings is 1. The number of fused-ring (bicyclic) bond motifs is 1. The van der Waals surface area contributed by atoms with Gasteiger partial charge in [0, 0.05) is 16.5 Å². The molecule has 19 heavy (non-hydrogen) atoms. The van der Waals surface area contributed by atoms with E-state index in [2.05, 4.69) is 34.6 Å². The predicted octanol–water partition coefficient (Wildman–Crippen LogP) is 4.12. The Labute approximate surface area is 117 Å². The average Bonchev–Trinajstić information content (AvgIpc) is 2.37. The Morgan fingerprint density at radius 3 is 2.63 bits per heavy atom. The summed E-state index contributed by atoms with van der Waals surface area (Å²) in [6.07, 6.45) is 0.950. The molecule has 4 nitrogen and oxygen atoms in total. The molecule has 0 saturated carbocycles. The summed E-state index contributed by atoms with van der Waals surface area (Å²) < 4.78 is 0. The Balaban J connectivity index is 2.29. The van der Waals surface area contributed by atoms with E-state index in [0.717, 1.165) is 22.9 Å². The molecular weight excluding hydrogens is 260 g/mol. The first kappa shape index (κ1) is 13.7. The minimum atomic E-state index is 0.407. The molecule has 2 aromatic rings. The van der Waals surface area contributed by atoms with Gasteiger partial charge in [-0.3, -0.25) is 5.43 Å². The summed E-state index contributed by atoms with van der Waals surface area (Å²) in [7, 11) is 0. The second-order valence-electron chi connectivity index (χ2n) is 4.94. The van der Waals surface area contributed by atoms with Crippen LogP contribution in [0.4, 0.5) is 5.82 Å². The van der Waals surface area contributed by atoms with Crippen LogP contribution in [0.25, 0.3) is 10.8 Å². The smallest absolute Gasteiger partial charge is 0.176 e. The van der Waals surface area contributed by atoms with Gasteiger partial charge in [-0.25, -0.2) is 0 Å². The lowest BCUT2D eigenvalue weighted by Crippen LogP contribution is -2.03. The Hall–Kier alpha value is -1.68. The van der Waals surface area contributed by atoms with Gasteiger partial charge in [-0.1, -0.05) is 49.7 Å². The quantitative estimate of drug-likeness (QED) is 0.675. The third-order valence-electron chi connectivity index (χ3n) is 2.70. The highest BCUT2D eigenvalue weighted by Crippen LogP contribution is 2.25. The Kier molecular flexibility index (Phi) is 4.32. The molecule has 0 radical (unpaired) electrons. The summed E-state index contributed by atoms with van der Waals surface area (Å²) in [6, 6.07) is 7.73. The second kappa shape index (κ2) is 5.97. The van der Waals surface area contributed by atoms with E-state index in [1.165, 1.54) is 0 Å². The van der Waals surface area contributed by atoms with E-state index in [-0.39, 0.29) is 0 Å². The molecular formula is C14H17ClN4. The molecule has 1 heterocycles. The van der Waals surface area contributed by atoms with Gasteiger partial charge in [0.15, 0.2) is 11.0 Å². The molecule has 0 aliphatic heterocycles. The highest BCUT2D eigenvalue weighted by Gasteiger charge is 2.06. The molecule has 0 amide bonds. The molecule has 1 aromatic heterocycles. The fourth-order valence-corrected chi connectivity index (χ4v) is 2.14. The van der Waals surface area contributed by atoms with Crippen molar-refractivity contribution in [1.82, 2.24) is 10.2 Å². The standard InChI is InChI=1S/C14H17ClN4/c1-9(2)8-10(3)16-18-14-12-7-5-4-6-11(12)13(15)17-19-14/h4-7,9H,8H2,1-3H3,(H,18,19)/b16-10+. The van der Waals surface area contributed by atoms with Crippen molar-refractivity contribution in [3.05, 3.63) is 29.4 Å². The molecule has 0 spiro atoms. The number of nitrogens with zero attached hydrogens (tertiary/aromatic N) is 3. The van der Waals surface area contributed by atoms with Gasteiger partial charge in [-0.05, 0) is 19.3 Å². The van der Waals surface area contributed by atoms with Crippen LogP contribution in [0.5, 0.6) is 0 Å². The maximum atomic E-state index is 6.02. The zero-order valence-electron chi connectivity index (χ0n) is 11.3. The number of halogens is 1. The lowest BCUT2D eigenvalue weighted by Gasteiger charge is -2.07. The summed E-state index contributed by atoms with van der Waals surface area (Å²) in [4.78, 5) is 0. The largest absolute Gasteiger partial charge is 0.259 e. The van der Waals surface area contributed by atoms with E-state index >= 15 is 0 Å². The normalized spacial score (nSPS) is 12.2. The number of nitrogens with one attached hydrogen (secondary N) is 1. The Morgan fingerprint density at radius 2 is 1.95 bits per heavy atom. The maximum absolute atomic E-state index is 6.02. The molecule has 0 saturated heterocycles. The first-order valence-electron chi connectivity index (χ1n) is 6.28. The monoisotopic (exact) mass is 276 g/mol. The number of hydrazone groups is 1. The summed E-state index contributed by atoms with van der Waals surface area (Å²) in [5, 5.41) is 14.5. The van der Waals surface area contributed by atoms with Crippen molar-refractivity contribution < 1.29 is 0 Å². The van der Waals surface area contributed by atoms with Crippen LogP contribution in [0.2, 0.25) is 5.15 Å². The maximum Gasteiger partial charge on any atom is 0.176 e. The van der Waals surface area contributed by atoms with E-state index < -0.39 is 0 Å². The highest BCUT2D eigenvalue weighted by molar-refractivity contribution is 6.34. The van der Waals surface area contributed by atoms with Crippen molar-refractivity contribution >= 4 is 33.9 Å². The van der Waals surface area contributed by atoms with Crippen LogP contribution < -0.4 is 5.43 Å². The van der Waals surface area contributed by atoms with Crippen molar-refractivity contribution in [2.75, 3.05) is 5.43 Å². The molecule has 0 atom stereocenters. The molecule has 1 aromatic carbocycles. The van der Waals surface area contributed by atoms with Gasteiger partial charge in [0.1, 0.15) is 0 Å². The lowest BCUT2D eigenvalue weighted by molar-refractivity contribution is 0.681. The van der Waals surface area contributed by atoms with E-state index in [1.807, 2.05) is 31.2 Å². The molecule has 0 aliphatic carbocycles. The highest BCUT2D eigenvalue weighted by atomic mass is 35.5. The van der Waals surface area contributed by atoms with Gasteiger partial charge in [-0.15, -0.1) is 10.2 Å². The number of rotatable bonds is 4. The van der Waals surface area contributed by atoms with Gasteiger partial charge in [0.05, 0.1) is 0 Å². The van der Waals surface area contributed by atoms with Crippen LogP contribution in [-0.4, -0.2) is 15.9 Å². The van der Waals surface area contributed by atoms with Crippen molar-refractivity contribution in [3.8, 4) is 0 Å². The van der Waals surface area contributed by atoms with Gasteiger partial charge in [0.2, 0.25) is 0 Å². The van der Waals surface area contributed by atoms with Crippen LogP contribution in [0, 0.1) is 5.92 Å². The lowest BCUT2D eigenvalue weighted by atomic mass is 10.1. The fraction of sp³-hybridized carbons (Fsp3) is 0.357. The van der Waals surface area contributed by atoms with Crippen molar-refractivity contribution in [1.29, 1.82) is 0 Å². The molecule has 2 rings (SSSR count). The average molecular weight is 277 g/mol. The Bertz CT molecular complexity index is 607. The number of hydrogen-bond acceptors (Lipinski definition) is 4. The van der Waals surface area contributed by atoms with Crippen LogP contribution in [0.1, 0.15) is 27.2 Å². The van der Waals surface area contributed by atoms with Crippen LogP contribution >= 0.6 is 11.6 Å². The summed E-state index contributed by atoms with van der Waals surface area (Å²) in [5.74, 6) is 1.21. The molecule has 0 fully saturated rings. The van der Waals surface area contributed by atoms with Gasteiger partial charge in [0.25, 0.3) is 0 Å². The van der Waals surface area contributed by atoms with Crippen LogP contribution in [0.15, 0.2) is 29.4 Å². The van der Waals surface area contributed by atoms with Crippen LogP contribution in [0.3, 0.4) is 0 Å². The van der Waals surface area contributed by atoms with E-state index in [0.29, 0.717) is 16.9 Å². The number of hydrogen-bond donors (Lipinski definition) is 1. The van der Waals surface area contributed by atoms with Crippen LogP contribution in [-0.2, 0) is 0 Å². The zero-order chi connectivity index (χ0) is 13.8. The fourth-order valence-electron chi connectivity index (χ4n) is 1.94. The predicted molar refractivity (Wildman–Crippen MR) is 80.7 cm³/mol. The second-order valence-corrected chi connectivity index (χ2v) is 5.30. The first-order chi connectivity index (χ1) is 9.08. The van der Waals surface area contributed by atoms with Crippen molar-refractivity contribution in [3.63, 3.8) is 0 Å². The number of anilines is 1. The molecule has 1 N–H and O–H groups in total. The molecule has 0 aliphatic rings. The van der Waals surface area contributed by atoms with Crippen molar-refractivity contribution in [2.24, 2.45) is 11.0 Å². The van der Waals surface area contributed by atoms with E-state index in [4.69, 9.17) is 11.6 Å². The molecule has 0 bridgehead atoms. The van der Waals surface area contributed by atoms with Gasteiger partial charge >= 0.3 is 0 Å². The van der Waals surface area contributed by atoms with Gasteiger partial charge in [-0.2, -0.15) is 5.10 Å². The van der Waals surface area contributed by atoms with E-state index in [9.17, 15) is 0 Å². The molecule has 5 heteroatoms. The first-order valence-corrected chi connectivity index (χ1v) is 6.66. The zero-order valence-corrected chi connectivity index (χ0v) is 12.1. The SMILES string of the molecule is C/C(CC(C)C)=N\Nc1nnc(Cl)c2ccccc12. The van der Waals surface area contributed by atoms with Gasteiger partial charge < -0.3 is 0 Å². The van der Waals surface area contributed by atoms with E-state index in [1.54, 1.807) is 0 Å². The Morgan fingerprint density at radius 1 is 1.26 bits per heavy atom. The minimum absolute atomic E-state index is 0.407. The third-order valence-corrected chi connectivity index (χ3v) is 2.98.